The first kappa shape index (κ1) is 13.7. The number of carbonyl (C=O) groups is 1. The van der Waals surface area contributed by atoms with Gasteiger partial charge in [-0.05, 0) is 37.8 Å². The average molecular weight is 299 g/mol. The molecular weight excluding hydrogens is 283 g/mol. The number of rotatable bonds is 4. The number of carboxylic acids is 1. The Morgan fingerprint density at radius 2 is 2.00 bits per heavy atom. The molecule has 0 radical (unpaired) electrons. The van der Waals surface area contributed by atoms with E-state index in [1.807, 2.05) is 0 Å². The smallest absolute Gasteiger partial charge is 0.314 e. The molecule has 3 rings (SSSR count). The van der Waals surface area contributed by atoms with E-state index in [1.165, 1.54) is 12.1 Å². The summed E-state index contributed by atoms with van der Waals surface area (Å²) in [6.07, 6.45) is 4.61. The van der Waals surface area contributed by atoms with Crippen molar-refractivity contribution in [2.24, 2.45) is 0 Å². The second kappa shape index (κ2) is 4.92. The Bertz CT molecular complexity index is 548. The van der Waals surface area contributed by atoms with Gasteiger partial charge in [-0.2, -0.15) is 0 Å². The monoisotopic (exact) mass is 298 g/mol. The summed E-state index contributed by atoms with van der Waals surface area (Å²) < 4.78 is 19.5. The van der Waals surface area contributed by atoms with Crippen molar-refractivity contribution in [1.29, 1.82) is 0 Å². The lowest BCUT2D eigenvalue weighted by molar-refractivity contribution is -0.143. The Morgan fingerprint density at radius 3 is 2.55 bits per heavy atom. The van der Waals surface area contributed by atoms with E-state index in [2.05, 4.69) is 0 Å². The van der Waals surface area contributed by atoms with Gasteiger partial charge in [0.15, 0.2) is 0 Å². The van der Waals surface area contributed by atoms with Gasteiger partial charge in [-0.1, -0.05) is 24.4 Å². The predicted octanol–water partition coefficient (Wildman–Crippen LogP) is 3.92. The molecule has 20 heavy (non-hydrogen) atoms. The third kappa shape index (κ3) is 2.26. The van der Waals surface area contributed by atoms with Gasteiger partial charge < -0.3 is 9.84 Å². The normalized spacial score (nSPS) is 20.9. The van der Waals surface area contributed by atoms with Gasteiger partial charge in [0, 0.05) is 5.56 Å². The van der Waals surface area contributed by atoms with Crippen LogP contribution in [0.2, 0.25) is 5.02 Å². The van der Waals surface area contributed by atoms with Crippen molar-refractivity contribution in [2.75, 3.05) is 0 Å². The molecule has 0 spiro atoms. The molecule has 2 fully saturated rings. The lowest BCUT2D eigenvalue weighted by Gasteiger charge is -2.27. The zero-order valence-corrected chi connectivity index (χ0v) is 11.8. The average Bonchev–Trinajstić information content (AvgIpc) is 3.05. The van der Waals surface area contributed by atoms with E-state index in [9.17, 15) is 14.3 Å². The highest BCUT2D eigenvalue weighted by Crippen LogP contribution is 2.48. The number of aliphatic carboxylic acids is 1. The van der Waals surface area contributed by atoms with E-state index in [0.717, 1.165) is 25.7 Å². The van der Waals surface area contributed by atoms with Gasteiger partial charge in [0.2, 0.25) is 0 Å². The Morgan fingerprint density at radius 1 is 1.35 bits per heavy atom. The lowest BCUT2D eigenvalue weighted by atomic mass is 9.78. The second-order valence-electron chi connectivity index (χ2n) is 5.68. The van der Waals surface area contributed by atoms with Crippen LogP contribution in [-0.4, -0.2) is 17.2 Å². The fourth-order valence-electron chi connectivity index (χ4n) is 2.97. The van der Waals surface area contributed by atoms with Crippen LogP contribution in [0.15, 0.2) is 12.1 Å². The van der Waals surface area contributed by atoms with Crippen molar-refractivity contribution >= 4 is 17.6 Å². The van der Waals surface area contributed by atoms with E-state index in [4.69, 9.17) is 16.3 Å². The molecule has 0 aromatic heterocycles. The zero-order valence-electron chi connectivity index (χ0n) is 11.0. The molecule has 0 bridgehead atoms. The predicted molar refractivity (Wildman–Crippen MR) is 72.8 cm³/mol. The molecule has 0 atom stereocenters. The van der Waals surface area contributed by atoms with Gasteiger partial charge in [-0.15, -0.1) is 0 Å². The summed E-state index contributed by atoms with van der Waals surface area (Å²) >= 11 is 6.09. The standard InChI is InChI=1S/C15H16ClFO3/c16-12-8-9(17)7-11(13(12)20-10-3-4-10)15(14(18)19)5-1-2-6-15/h7-8,10H,1-6H2,(H,18,19). The molecular formula is C15H16ClFO3. The summed E-state index contributed by atoms with van der Waals surface area (Å²) in [5, 5.41) is 9.82. The molecule has 0 aliphatic heterocycles. The highest BCUT2D eigenvalue weighted by Gasteiger charge is 2.46. The summed E-state index contributed by atoms with van der Waals surface area (Å²) in [4.78, 5) is 11.8. The molecule has 2 aliphatic carbocycles. The SMILES string of the molecule is O=C(O)C1(c2cc(F)cc(Cl)c2OC2CC2)CCCC1. The summed E-state index contributed by atoms with van der Waals surface area (Å²) in [5.74, 6) is -1.07. The van der Waals surface area contributed by atoms with E-state index in [-0.39, 0.29) is 11.1 Å². The quantitative estimate of drug-likeness (QED) is 0.916. The number of benzene rings is 1. The molecule has 108 valence electrons. The van der Waals surface area contributed by atoms with Crippen LogP contribution in [-0.2, 0) is 10.2 Å². The van der Waals surface area contributed by atoms with Crippen LogP contribution in [0.1, 0.15) is 44.1 Å². The minimum atomic E-state index is -1.06. The van der Waals surface area contributed by atoms with Crippen LogP contribution in [0.4, 0.5) is 4.39 Å². The van der Waals surface area contributed by atoms with Crippen molar-refractivity contribution in [3.05, 3.63) is 28.5 Å². The van der Waals surface area contributed by atoms with Gasteiger partial charge in [0.05, 0.1) is 16.5 Å². The Balaban J connectivity index is 2.12. The number of carboxylic acid groups (broad SMARTS) is 1. The molecule has 3 nitrogen and oxygen atoms in total. The maximum atomic E-state index is 13.7. The lowest BCUT2D eigenvalue weighted by Crippen LogP contribution is -2.33. The zero-order chi connectivity index (χ0) is 14.3. The first-order chi connectivity index (χ1) is 9.53. The Kier molecular flexibility index (Phi) is 3.36. The summed E-state index contributed by atoms with van der Waals surface area (Å²) in [7, 11) is 0. The van der Waals surface area contributed by atoms with Crippen LogP contribution >= 0.6 is 11.6 Å². The number of halogens is 2. The van der Waals surface area contributed by atoms with Crippen molar-refractivity contribution in [3.8, 4) is 5.75 Å². The van der Waals surface area contributed by atoms with Crippen LogP contribution < -0.4 is 4.74 Å². The maximum absolute atomic E-state index is 13.7. The van der Waals surface area contributed by atoms with Crippen molar-refractivity contribution in [2.45, 2.75) is 50.0 Å². The van der Waals surface area contributed by atoms with Crippen LogP contribution in [0.25, 0.3) is 0 Å². The van der Waals surface area contributed by atoms with Crippen LogP contribution in [0.5, 0.6) is 5.75 Å². The number of hydrogen-bond donors (Lipinski definition) is 1. The first-order valence-electron chi connectivity index (χ1n) is 6.92. The molecule has 0 heterocycles. The Hall–Kier alpha value is -1.29. The van der Waals surface area contributed by atoms with E-state index < -0.39 is 17.2 Å². The fourth-order valence-corrected chi connectivity index (χ4v) is 3.22. The molecule has 0 amide bonds. The molecule has 5 heteroatoms. The fraction of sp³-hybridized carbons (Fsp3) is 0.533. The van der Waals surface area contributed by atoms with E-state index in [0.29, 0.717) is 24.2 Å². The van der Waals surface area contributed by atoms with Gasteiger partial charge >= 0.3 is 5.97 Å². The van der Waals surface area contributed by atoms with E-state index >= 15 is 0 Å². The highest BCUT2D eigenvalue weighted by atomic mass is 35.5. The van der Waals surface area contributed by atoms with Crippen molar-refractivity contribution in [1.82, 2.24) is 0 Å². The van der Waals surface area contributed by atoms with Gasteiger partial charge in [-0.3, -0.25) is 4.79 Å². The summed E-state index contributed by atoms with van der Waals surface area (Å²) in [5.41, 5.74) is -0.657. The van der Waals surface area contributed by atoms with E-state index in [1.54, 1.807) is 0 Å². The third-order valence-electron chi connectivity index (χ3n) is 4.20. The largest absolute Gasteiger partial charge is 0.489 e. The summed E-state index contributed by atoms with van der Waals surface area (Å²) in [6.45, 7) is 0. The minimum Gasteiger partial charge on any atom is -0.489 e. The maximum Gasteiger partial charge on any atom is 0.314 e. The Labute approximate surface area is 121 Å². The third-order valence-corrected chi connectivity index (χ3v) is 4.48. The molecule has 1 aromatic carbocycles. The number of hydrogen-bond acceptors (Lipinski definition) is 2. The first-order valence-corrected chi connectivity index (χ1v) is 7.30. The second-order valence-corrected chi connectivity index (χ2v) is 6.08. The molecule has 0 saturated heterocycles. The molecule has 1 N–H and O–H groups in total. The van der Waals surface area contributed by atoms with Crippen LogP contribution in [0.3, 0.4) is 0 Å². The van der Waals surface area contributed by atoms with Gasteiger partial charge in [-0.25, -0.2) is 4.39 Å². The molecule has 0 unspecified atom stereocenters. The van der Waals surface area contributed by atoms with Crippen LogP contribution in [0, 0.1) is 5.82 Å². The minimum absolute atomic E-state index is 0.0870. The summed E-state index contributed by atoms with van der Waals surface area (Å²) in [6, 6.07) is 2.47. The molecule has 2 aliphatic rings. The number of ether oxygens (including phenoxy) is 1. The topological polar surface area (TPSA) is 46.5 Å². The van der Waals surface area contributed by atoms with Gasteiger partial charge in [0.1, 0.15) is 11.6 Å². The molecule has 1 aromatic rings. The van der Waals surface area contributed by atoms with Crippen molar-refractivity contribution < 1.29 is 19.0 Å². The molecule has 2 saturated carbocycles. The van der Waals surface area contributed by atoms with Gasteiger partial charge in [0.25, 0.3) is 0 Å². The highest BCUT2D eigenvalue weighted by molar-refractivity contribution is 6.32. The van der Waals surface area contributed by atoms with Crippen molar-refractivity contribution in [3.63, 3.8) is 0 Å².